The Morgan fingerprint density at radius 3 is 2.27 bits per heavy atom. The van der Waals surface area contributed by atoms with E-state index in [1.807, 2.05) is 24.3 Å². The van der Waals surface area contributed by atoms with Crippen LogP contribution in [0.2, 0.25) is 0 Å². The van der Waals surface area contributed by atoms with Crippen molar-refractivity contribution in [3.63, 3.8) is 0 Å². The van der Waals surface area contributed by atoms with Crippen LogP contribution in [0, 0.1) is 5.92 Å². The summed E-state index contributed by atoms with van der Waals surface area (Å²) in [6.45, 7) is 5.02. The number of likely N-dealkylation sites (N-methyl/N-ethyl adjacent to an activating group) is 1. The molecule has 1 saturated carbocycles. The molecule has 0 bridgehead atoms. The summed E-state index contributed by atoms with van der Waals surface area (Å²) in [4.78, 5) is 30.0. The molecule has 1 aliphatic carbocycles. The quantitative estimate of drug-likeness (QED) is 0.521. The summed E-state index contributed by atoms with van der Waals surface area (Å²) in [5.41, 5.74) is 1.52. The Kier molecular flexibility index (Phi) is 7.53. The van der Waals surface area contributed by atoms with Crippen LogP contribution < -0.4 is 4.74 Å². The third-order valence-electron chi connectivity index (χ3n) is 5.82. The van der Waals surface area contributed by atoms with Crippen molar-refractivity contribution in [3.05, 3.63) is 35.5 Å². The number of aliphatic hydroxyl groups excluding tert-OH is 1. The second kappa shape index (κ2) is 10.1. The summed E-state index contributed by atoms with van der Waals surface area (Å²) in [5.74, 6) is 0.713. The summed E-state index contributed by atoms with van der Waals surface area (Å²) >= 11 is 0. The van der Waals surface area contributed by atoms with Gasteiger partial charge in [-0.2, -0.15) is 0 Å². The van der Waals surface area contributed by atoms with Gasteiger partial charge in [0.05, 0.1) is 18.8 Å². The van der Waals surface area contributed by atoms with Crippen LogP contribution in [0.25, 0.3) is 5.57 Å². The molecule has 0 saturated heterocycles. The molecule has 1 aliphatic heterocycles. The highest BCUT2D eigenvalue weighted by Crippen LogP contribution is 2.35. The van der Waals surface area contributed by atoms with E-state index in [4.69, 9.17) is 4.74 Å². The molecular formula is C24H34N2O4. The normalized spacial score (nSPS) is 18.4. The lowest BCUT2D eigenvalue weighted by atomic mass is 10.0. The molecule has 164 valence electrons. The van der Waals surface area contributed by atoms with Crippen LogP contribution in [-0.4, -0.2) is 59.6 Å². The number of rotatable bonds is 8. The molecule has 6 heteroatoms. The summed E-state index contributed by atoms with van der Waals surface area (Å²) in [7, 11) is 1.76. The molecule has 0 aromatic heterocycles. The van der Waals surface area contributed by atoms with Gasteiger partial charge in [-0.05, 0) is 36.5 Å². The van der Waals surface area contributed by atoms with Gasteiger partial charge in [0.25, 0.3) is 11.8 Å². The molecule has 1 N–H and O–H groups in total. The summed E-state index contributed by atoms with van der Waals surface area (Å²) in [6, 6.07) is 7.34. The van der Waals surface area contributed by atoms with Gasteiger partial charge in [0.2, 0.25) is 0 Å². The Bertz CT molecular complexity index is 777. The SMILES string of the molecule is CC(C)COc1ccc(C2=C(N(C)CCO)C(=O)N(C3CCCCCC3)C2=O)cc1. The maximum atomic E-state index is 13.5. The van der Waals surface area contributed by atoms with E-state index in [0.717, 1.165) is 44.3 Å². The lowest BCUT2D eigenvalue weighted by Gasteiger charge is -2.26. The Morgan fingerprint density at radius 2 is 1.70 bits per heavy atom. The average Bonchev–Trinajstić information content (AvgIpc) is 2.88. The van der Waals surface area contributed by atoms with Crippen molar-refractivity contribution in [1.29, 1.82) is 0 Å². The van der Waals surface area contributed by atoms with E-state index < -0.39 is 0 Å². The highest BCUT2D eigenvalue weighted by Gasteiger charge is 2.43. The first-order valence-corrected chi connectivity index (χ1v) is 11.1. The zero-order valence-electron chi connectivity index (χ0n) is 18.4. The number of hydrogen-bond acceptors (Lipinski definition) is 5. The van der Waals surface area contributed by atoms with Crippen LogP contribution in [0.3, 0.4) is 0 Å². The van der Waals surface area contributed by atoms with Crippen molar-refractivity contribution in [3.8, 4) is 5.75 Å². The molecule has 1 aromatic rings. The number of imide groups is 1. The van der Waals surface area contributed by atoms with Gasteiger partial charge < -0.3 is 14.7 Å². The van der Waals surface area contributed by atoms with E-state index in [0.29, 0.717) is 35.9 Å². The lowest BCUT2D eigenvalue weighted by Crippen LogP contribution is -2.42. The zero-order chi connectivity index (χ0) is 21.7. The maximum absolute atomic E-state index is 13.5. The number of amides is 2. The zero-order valence-corrected chi connectivity index (χ0v) is 18.4. The molecule has 0 atom stereocenters. The summed E-state index contributed by atoms with van der Waals surface area (Å²) in [5, 5.41) is 9.41. The van der Waals surface area contributed by atoms with Crippen molar-refractivity contribution in [1.82, 2.24) is 9.80 Å². The smallest absolute Gasteiger partial charge is 0.278 e. The first kappa shape index (κ1) is 22.3. The molecule has 2 aliphatic rings. The summed E-state index contributed by atoms with van der Waals surface area (Å²) in [6.07, 6.45) is 6.12. The highest BCUT2D eigenvalue weighted by molar-refractivity contribution is 6.35. The minimum absolute atomic E-state index is 0.0452. The fraction of sp³-hybridized carbons (Fsp3) is 0.583. The van der Waals surface area contributed by atoms with Crippen LogP contribution in [0.1, 0.15) is 57.9 Å². The summed E-state index contributed by atoms with van der Waals surface area (Å²) < 4.78 is 5.75. The van der Waals surface area contributed by atoms with Crippen LogP contribution >= 0.6 is 0 Å². The first-order valence-electron chi connectivity index (χ1n) is 11.1. The predicted octanol–water partition coefficient (Wildman–Crippen LogP) is 3.45. The molecule has 6 nitrogen and oxygen atoms in total. The monoisotopic (exact) mass is 414 g/mol. The van der Waals surface area contributed by atoms with Gasteiger partial charge in [0, 0.05) is 19.6 Å². The fourth-order valence-electron chi connectivity index (χ4n) is 4.24. The van der Waals surface area contributed by atoms with Crippen LogP contribution in [0.5, 0.6) is 5.75 Å². The average molecular weight is 415 g/mol. The third kappa shape index (κ3) is 4.86. The molecule has 3 rings (SSSR count). The number of nitrogens with zero attached hydrogens (tertiary/aromatic N) is 2. The van der Waals surface area contributed by atoms with Crippen molar-refractivity contribution in [2.75, 3.05) is 26.8 Å². The number of hydrogen-bond donors (Lipinski definition) is 1. The van der Waals surface area contributed by atoms with Crippen LogP contribution in [0.4, 0.5) is 0 Å². The predicted molar refractivity (Wildman–Crippen MR) is 117 cm³/mol. The van der Waals surface area contributed by atoms with Crippen molar-refractivity contribution in [2.24, 2.45) is 5.92 Å². The van der Waals surface area contributed by atoms with Gasteiger partial charge in [-0.15, -0.1) is 0 Å². The van der Waals surface area contributed by atoms with Crippen molar-refractivity contribution in [2.45, 2.75) is 58.4 Å². The molecular weight excluding hydrogens is 380 g/mol. The second-order valence-corrected chi connectivity index (χ2v) is 8.72. The number of benzene rings is 1. The standard InChI is InChI=1S/C24H34N2O4/c1-17(2)16-30-20-12-10-18(11-13-20)21-22(25(3)14-15-27)24(29)26(23(21)28)19-8-6-4-5-7-9-19/h10-13,17,19,27H,4-9,14-16H2,1-3H3. The third-order valence-corrected chi connectivity index (χ3v) is 5.82. The molecule has 1 fully saturated rings. The van der Waals surface area contributed by atoms with Gasteiger partial charge in [-0.25, -0.2) is 0 Å². The molecule has 0 radical (unpaired) electrons. The Labute approximate surface area is 179 Å². The molecule has 0 unspecified atom stereocenters. The molecule has 0 spiro atoms. The van der Waals surface area contributed by atoms with E-state index in [9.17, 15) is 14.7 Å². The van der Waals surface area contributed by atoms with Crippen molar-refractivity contribution < 1.29 is 19.4 Å². The molecule has 2 amide bonds. The van der Waals surface area contributed by atoms with E-state index in [-0.39, 0.29) is 24.5 Å². The Hall–Kier alpha value is -2.34. The van der Waals surface area contributed by atoms with Crippen LogP contribution in [0.15, 0.2) is 30.0 Å². The molecule has 1 heterocycles. The first-order chi connectivity index (χ1) is 14.4. The molecule has 1 aromatic carbocycles. The van der Waals surface area contributed by atoms with Gasteiger partial charge in [-0.3, -0.25) is 14.5 Å². The van der Waals surface area contributed by atoms with E-state index in [1.54, 1.807) is 11.9 Å². The van der Waals surface area contributed by atoms with E-state index in [1.165, 1.54) is 4.90 Å². The number of carbonyl (C=O) groups is 2. The van der Waals surface area contributed by atoms with E-state index >= 15 is 0 Å². The van der Waals surface area contributed by atoms with Gasteiger partial charge in [-0.1, -0.05) is 51.7 Å². The Balaban J connectivity index is 1.92. The van der Waals surface area contributed by atoms with Crippen molar-refractivity contribution >= 4 is 17.4 Å². The lowest BCUT2D eigenvalue weighted by molar-refractivity contribution is -0.140. The molecule has 30 heavy (non-hydrogen) atoms. The second-order valence-electron chi connectivity index (χ2n) is 8.72. The number of ether oxygens (including phenoxy) is 1. The Morgan fingerprint density at radius 1 is 1.07 bits per heavy atom. The van der Waals surface area contributed by atoms with Gasteiger partial charge in [0.1, 0.15) is 11.4 Å². The highest BCUT2D eigenvalue weighted by atomic mass is 16.5. The minimum Gasteiger partial charge on any atom is -0.493 e. The fourth-order valence-corrected chi connectivity index (χ4v) is 4.24. The number of aliphatic hydroxyl groups is 1. The topological polar surface area (TPSA) is 70.1 Å². The van der Waals surface area contributed by atoms with E-state index in [2.05, 4.69) is 13.8 Å². The maximum Gasteiger partial charge on any atom is 0.278 e. The largest absolute Gasteiger partial charge is 0.493 e. The number of carbonyl (C=O) groups excluding carboxylic acids is 2. The van der Waals surface area contributed by atoms with Gasteiger partial charge >= 0.3 is 0 Å². The minimum atomic E-state index is -0.238. The van der Waals surface area contributed by atoms with Gasteiger partial charge in [0.15, 0.2) is 0 Å². The van der Waals surface area contributed by atoms with Crippen LogP contribution in [-0.2, 0) is 9.59 Å².